The minimum atomic E-state index is -2.31. The van der Waals surface area contributed by atoms with E-state index in [1.54, 1.807) is 0 Å². The van der Waals surface area contributed by atoms with E-state index in [9.17, 15) is 23.1 Å². The van der Waals surface area contributed by atoms with Gasteiger partial charge in [0.05, 0.1) is 6.61 Å². The molecule has 0 amide bonds. The van der Waals surface area contributed by atoms with E-state index in [0.29, 0.717) is 6.07 Å². The fraction of sp³-hybridized carbons (Fsp3) is 0.462. The van der Waals surface area contributed by atoms with Gasteiger partial charge in [-0.2, -0.15) is 0 Å². The Morgan fingerprint density at radius 1 is 1.47 bits per heavy atom. The lowest BCUT2D eigenvalue weighted by atomic mass is 9.91. The first-order valence-corrected chi connectivity index (χ1v) is 5.75. The van der Waals surface area contributed by atoms with Gasteiger partial charge >= 0.3 is 5.97 Å². The van der Waals surface area contributed by atoms with E-state index in [4.69, 9.17) is 0 Å². The fourth-order valence-electron chi connectivity index (χ4n) is 1.61. The van der Waals surface area contributed by atoms with Gasteiger partial charge in [0.15, 0.2) is 0 Å². The smallest absolute Gasteiger partial charge is 0.343 e. The maximum Gasteiger partial charge on any atom is 0.343 e. The normalized spacial score (nSPS) is 15.7. The Hall–Kier alpha value is -1.56. The first-order chi connectivity index (χ1) is 8.77. The van der Waals surface area contributed by atoms with E-state index < -0.39 is 35.8 Å². The summed E-state index contributed by atoms with van der Waals surface area (Å²) < 4.78 is 44.3. The molecule has 1 aromatic carbocycles. The van der Waals surface area contributed by atoms with Gasteiger partial charge in [0, 0.05) is 12.5 Å². The Balaban J connectivity index is 2.86. The Bertz CT molecular complexity index is 460. The van der Waals surface area contributed by atoms with Crippen LogP contribution < -0.4 is 0 Å². The van der Waals surface area contributed by atoms with Crippen molar-refractivity contribution in [2.45, 2.75) is 32.0 Å². The lowest BCUT2D eigenvalue weighted by molar-refractivity contribution is -0.159. The lowest BCUT2D eigenvalue weighted by Crippen LogP contribution is -2.44. The van der Waals surface area contributed by atoms with Crippen LogP contribution in [0.5, 0.6) is 0 Å². The summed E-state index contributed by atoms with van der Waals surface area (Å²) in [5.41, 5.74) is -2.22. The molecule has 0 bridgehead atoms. The number of hydrogen-bond acceptors (Lipinski definition) is 3. The molecule has 0 fully saturated rings. The number of benzene rings is 1. The Morgan fingerprint density at radius 2 is 2.11 bits per heavy atom. The third kappa shape index (κ3) is 3.96. The van der Waals surface area contributed by atoms with Crippen molar-refractivity contribution < 1.29 is 27.8 Å². The summed E-state index contributed by atoms with van der Waals surface area (Å²) >= 11 is 0. The molecular weight excluding hydrogens is 261 g/mol. The predicted octanol–water partition coefficient (Wildman–Crippen LogP) is 2.16. The van der Waals surface area contributed by atoms with E-state index >= 15 is 0 Å². The summed E-state index contributed by atoms with van der Waals surface area (Å²) in [6.45, 7) is 2.52. The number of esters is 1. The van der Waals surface area contributed by atoms with Crippen molar-refractivity contribution in [2.24, 2.45) is 0 Å². The van der Waals surface area contributed by atoms with Gasteiger partial charge in [0.1, 0.15) is 17.2 Å². The van der Waals surface area contributed by atoms with Gasteiger partial charge < -0.3 is 9.84 Å². The van der Waals surface area contributed by atoms with Gasteiger partial charge in [-0.3, -0.25) is 0 Å². The second kappa shape index (κ2) is 6.06. The average molecular weight is 276 g/mol. The first kappa shape index (κ1) is 15.5. The second-order valence-corrected chi connectivity index (χ2v) is 4.38. The molecule has 19 heavy (non-hydrogen) atoms. The second-order valence-electron chi connectivity index (χ2n) is 4.38. The predicted molar refractivity (Wildman–Crippen MR) is 62.2 cm³/mol. The lowest BCUT2D eigenvalue weighted by Gasteiger charge is -2.26. The first-order valence-electron chi connectivity index (χ1n) is 5.75. The summed E-state index contributed by atoms with van der Waals surface area (Å²) in [5, 5.41) is 9.89. The van der Waals surface area contributed by atoms with Crippen LogP contribution in [0.4, 0.5) is 13.2 Å². The molecule has 0 radical (unpaired) electrons. The molecule has 0 aliphatic rings. The molecule has 0 saturated carbocycles. The van der Waals surface area contributed by atoms with Crippen molar-refractivity contribution in [1.29, 1.82) is 0 Å². The van der Waals surface area contributed by atoms with E-state index in [2.05, 4.69) is 4.74 Å². The zero-order chi connectivity index (χ0) is 14.6. The highest BCUT2D eigenvalue weighted by atomic mass is 19.1. The average Bonchev–Trinajstić information content (AvgIpc) is 2.32. The number of rotatable bonds is 5. The van der Waals surface area contributed by atoms with Crippen LogP contribution >= 0.6 is 0 Å². The van der Waals surface area contributed by atoms with Crippen LogP contribution in [0.15, 0.2) is 18.2 Å². The number of carbonyl (C=O) groups is 1. The molecule has 0 aliphatic carbocycles. The van der Waals surface area contributed by atoms with Crippen molar-refractivity contribution in [2.75, 3.05) is 6.61 Å². The molecule has 106 valence electrons. The Morgan fingerprint density at radius 3 is 2.63 bits per heavy atom. The summed E-state index contributed by atoms with van der Waals surface area (Å²) in [4.78, 5) is 11.2. The van der Waals surface area contributed by atoms with Gasteiger partial charge in [-0.15, -0.1) is 0 Å². The van der Waals surface area contributed by atoms with Gasteiger partial charge in [-0.05, 0) is 25.5 Å². The van der Waals surface area contributed by atoms with Crippen LogP contribution in [-0.4, -0.2) is 29.5 Å². The third-order valence-corrected chi connectivity index (χ3v) is 2.60. The van der Waals surface area contributed by atoms with E-state index in [1.807, 2.05) is 0 Å². The zero-order valence-corrected chi connectivity index (χ0v) is 10.6. The molecule has 1 N–H and O–H groups in total. The minimum Gasteiger partial charge on any atom is -0.464 e. The Kier molecular flexibility index (Phi) is 4.94. The highest BCUT2D eigenvalue weighted by molar-refractivity contribution is 5.76. The minimum absolute atomic E-state index is 0.0275. The number of halogens is 3. The van der Waals surface area contributed by atoms with Gasteiger partial charge in [-0.25, -0.2) is 18.0 Å². The number of alkyl halides is 1. The molecule has 6 heteroatoms. The number of aliphatic hydroxyl groups is 1. The van der Waals surface area contributed by atoms with Crippen molar-refractivity contribution in [3.8, 4) is 0 Å². The number of ether oxygens (including phenoxy) is 1. The van der Waals surface area contributed by atoms with Gasteiger partial charge in [0.25, 0.3) is 0 Å². The summed E-state index contributed by atoms with van der Waals surface area (Å²) in [6.07, 6.45) is -2.78. The monoisotopic (exact) mass is 276 g/mol. The van der Waals surface area contributed by atoms with E-state index in [1.165, 1.54) is 6.92 Å². The van der Waals surface area contributed by atoms with Crippen molar-refractivity contribution >= 4 is 5.97 Å². The SMILES string of the molecule is CCOC(=O)C(F)C(C)(O)Cc1ccc(F)cc1F. The van der Waals surface area contributed by atoms with Crippen LogP contribution in [0.3, 0.4) is 0 Å². The number of carbonyl (C=O) groups excluding carboxylic acids is 1. The molecule has 0 heterocycles. The molecular formula is C13H15F3O3. The summed E-state index contributed by atoms with van der Waals surface area (Å²) in [6, 6.07) is 2.71. The quantitative estimate of drug-likeness (QED) is 0.838. The van der Waals surface area contributed by atoms with E-state index in [-0.39, 0.29) is 12.2 Å². The van der Waals surface area contributed by atoms with Gasteiger partial charge in [0.2, 0.25) is 6.17 Å². The Labute approximate surface area is 109 Å². The van der Waals surface area contributed by atoms with Crippen LogP contribution in [0, 0.1) is 11.6 Å². The van der Waals surface area contributed by atoms with Crippen LogP contribution in [0.2, 0.25) is 0 Å². The maximum atomic E-state index is 13.7. The molecule has 2 unspecified atom stereocenters. The number of hydrogen-bond donors (Lipinski definition) is 1. The molecule has 3 nitrogen and oxygen atoms in total. The van der Waals surface area contributed by atoms with Crippen LogP contribution in [0.1, 0.15) is 19.4 Å². The maximum absolute atomic E-state index is 13.7. The highest BCUT2D eigenvalue weighted by Crippen LogP contribution is 2.23. The molecule has 0 spiro atoms. The molecule has 0 aliphatic heterocycles. The van der Waals surface area contributed by atoms with E-state index in [0.717, 1.165) is 19.1 Å². The van der Waals surface area contributed by atoms with Crippen LogP contribution in [0.25, 0.3) is 0 Å². The third-order valence-electron chi connectivity index (χ3n) is 2.60. The largest absolute Gasteiger partial charge is 0.464 e. The summed E-state index contributed by atoms with van der Waals surface area (Å²) in [5.74, 6) is -2.89. The van der Waals surface area contributed by atoms with Crippen LogP contribution in [-0.2, 0) is 16.0 Å². The van der Waals surface area contributed by atoms with Crippen molar-refractivity contribution in [1.82, 2.24) is 0 Å². The topological polar surface area (TPSA) is 46.5 Å². The summed E-state index contributed by atoms with van der Waals surface area (Å²) in [7, 11) is 0. The molecule has 0 aromatic heterocycles. The molecule has 2 atom stereocenters. The molecule has 1 aromatic rings. The highest BCUT2D eigenvalue weighted by Gasteiger charge is 2.39. The zero-order valence-electron chi connectivity index (χ0n) is 10.6. The molecule has 0 saturated heterocycles. The standard InChI is InChI=1S/C13H15F3O3/c1-3-19-12(17)11(16)13(2,18)7-8-4-5-9(14)6-10(8)15/h4-6,11,18H,3,7H2,1-2H3. The fourth-order valence-corrected chi connectivity index (χ4v) is 1.61. The van der Waals surface area contributed by atoms with Crippen molar-refractivity contribution in [3.05, 3.63) is 35.4 Å². The molecule has 1 rings (SSSR count). The van der Waals surface area contributed by atoms with Gasteiger partial charge in [-0.1, -0.05) is 6.07 Å². The van der Waals surface area contributed by atoms with Crippen molar-refractivity contribution in [3.63, 3.8) is 0 Å².